The number of alkyl carbamates (subject to hydrolysis) is 1. The monoisotopic (exact) mass is 466 g/mol. The summed E-state index contributed by atoms with van der Waals surface area (Å²) in [5.74, 6) is -0.914. The van der Waals surface area contributed by atoms with Gasteiger partial charge in [-0.1, -0.05) is 62.4 Å². The van der Waals surface area contributed by atoms with E-state index >= 15 is 0 Å². The van der Waals surface area contributed by atoms with E-state index in [2.05, 4.69) is 34.9 Å². The Labute approximate surface area is 200 Å². The third-order valence-corrected chi connectivity index (χ3v) is 6.36. The van der Waals surface area contributed by atoms with Crippen LogP contribution in [0, 0.1) is 5.92 Å². The van der Waals surface area contributed by atoms with E-state index in [4.69, 9.17) is 9.84 Å². The second kappa shape index (κ2) is 12.2. The molecule has 182 valence electrons. The van der Waals surface area contributed by atoms with Crippen LogP contribution in [0.25, 0.3) is 11.1 Å². The molecule has 0 heterocycles. The van der Waals surface area contributed by atoms with Gasteiger partial charge in [0, 0.05) is 31.3 Å². The topological polar surface area (TPSA) is 105 Å². The first-order valence-corrected chi connectivity index (χ1v) is 12.0. The van der Waals surface area contributed by atoms with Crippen molar-refractivity contribution >= 4 is 18.0 Å². The molecule has 0 spiro atoms. The van der Waals surface area contributed by atoms with Gasteiger partial charge < -0.3 is 20.5 Å². The first-order valence-electron chi connectivity index (χ1n) is 12.0. The zero-order chi connectivity index (χ0) is 24.5. The molecule has 1 aliphatic carbocycles. The normalized spacial score (nSPS) is 13.9. The van der Waals surface area contributed by atoms with Crippen molar-refractivity contribution in [2.24, 2.45) is 5.92 Å². The summed E-state index contributed by atoms with van der Waals surface area (Å²) in [6, 6.07) is 16.2. The number of fused-ring (bicyclic) bond motifs is 3. The SMILES string of the molecule is CCC(CCC(=O)NCCC(C)CC(=O)O)NC(=O)OCC1c2ccccc2-c2ccccc21. The first kappa shape index (κ1) is 25.3. The molecule has 3 rings (SSSR count). The Bertz CT molecular complexity index is 961. The van der Waals surface area contributed by atoms with Gasteiger partial charge in [0.15, 0.2) is 0 Å². The van der Waals surface area contributed by atoms with Crippen LogP contribution in [0.3, 0.4) is 0 Å². The quantitative estimate of drug-likeness (QED) is 0.421. The second-order valence-electron chi connectivity index (χ2n) is 8.96. The van der Waals surface area contributed by atoms with Crippen LogP contribution in [-0.4, -0.2) is 42.3 Å². The molecule has 0 aromatic heterocycles. The second-order valence-corrected chi connectivity index (χ2v) is 8.96. The van der Waals surface area contributed by atoms with Gasteiger partial charge in [-0.15, -0.1) is 0 Å². The van der Waals surface area contributed by atoms with Crippen molar-refractivity contribution in [2.75, 3.05) is 13.2 Å². The highest BCUT2D eigenvalue weighted by Gasteiger charge is 2.29. The molecule has 0 bridgehead atoms. The summed E-state index contributed by atoms with van der Waals surface area (Å²) < 4.78 is 5.60. The van der Waals surface area contributed by atoms with E-state index in [1.807, 2.05) is 38.1 Å². The molecule has 0 fully saturated rings. The van der Waals surface area contributed by atoms with Crippen LogP contribution in [-0.2, 0) is 14.3 Å². The van der Waals surface area contributed by atoms with Gasteiger partial charge in [0.05, 0.1) is 0 Å². The van der Waals surface area contributed by atoms with Crippen molar-refractivity contribution in [1.82, 2.24) is 10.6 Å². The van der Waals surface area contributed by atoms with Crippen LogP contribution < -0.4 is 10.6 Å². The number of carbonyl (C=O) groups excluding carboxylic acids is 2. The summed E-state index contributed by atoms with van der Waals surface area (Å²) in [7, 11) is 0. The van der Waals surface area contributed by atoms with Gasteiger partial charge in [0.1, 0.15) is 6.61 Å². The van der Waals surface area contributed by atoms with Gasteiger partial charge in [-0.2, -0.15) is 0 Å². The predicted octanol–water partition coefficient (Wildman–Crippen LogP) is 4.70. The lowest BCUT2D eigenvalue weighted by Crippen LogP contribution is -2.36. The van der Waals surface area contributed by atoms with Crippen LogP contribution in [0.2, 0.25) is 0 Å². The van der Waals surface area contributed by atoms with Crippen LogP contribution in [0.5, 0.6) is 0 Å². The lowest BCUT2D eigenvalue weighted by Gasteiger charge is -2.19. The number of aliphatic carboxylic acids is 1. The van der Waals surface area contributed by atoms with Crippen molar-refractivity contribution in [3.63, 3.8) is 0 Å². The maximum Gasteiger partial charge on any atom is 0.407 e. The van der Waals surface area contributed by atoms with Gasteiger partial charge >= 0.3 is 12.1 Å². The average Bonchev–Trinajstić information content (AvgIpc) is 3.13. The van der Waals surface area contributed by atoms with Crippen molar-refractivity contribution in [3.8, 4) is 11.1 Å². The molecule has 3 N–H and O–H groups in total. The minimum Gasteiger partial charge on any atom is -0.481 e. The fourth-order valence-electron chi connectivity index (χ4n) is 4.44. The van der Waals surface area contributed by atoms with Crippen LogP contribution in [0.4, 0.5) is 4.79 Å². The van der Waals surface area contributed by atoms with Crippen molar-refractivity contribution in [3.05, 3.63) is 59.7 Å². The Hall–Kier alpha value is -3.35. The molecule has 2 aromatic carbocycles. The van der Waals surface area contributed by atoms with Crippen LogP contribution >= 0.6 is 0 Å². The lowest BCUT2D eigenvalue weighted by atomic mass is 9.98. The summed E-state index contributed by atoms with van der Waals surface area (Å²) in [5, 5.41) is 14.5. The van der Waals surface area contributed by atoms with Crippen molar-refractivity contribution in [2.45, 2.75) is 57.9 Å². The van der Waals surface area contributed by atoms with Gasteiger partial charge in [0.25, 0.3) is 0 Å². The lowest BCUT2D eigenvalue weighted by molar-refractivity contribution is -0.138. The van der Waals surface area contributed by atoms with E-state index in [-0.39, 0.29) is 43.2 Å². The molecule has 1 aliphatic rings. The van der Waals surface area contributed by atoms with Gasteiger partial charge in [0.2, 0.25) is 5.91 Å². The molecule has 34 heavy (non-hydrogen) atoms. The molecular weight excluding hydrogens is 432 g/mol. The highest BCUT2D eigenvalue weighted by molar-refractivity contribution is 5.79. The standard InChI is InChI=1S/C27H34N2O5/c1-3-19(12-13-25(30)28-15-14-18(2)16-26(31)32)29-27(33)34-17-24-22-10-6-4-8-20(22)21-9-5-7-11-23(21)24/h4-11,18-19,24H,3,12-17H2,1-2H3,(H,28,30)(H,29,33)(H,31,32). The minimum absolute atomic E-state index is 0.00697. The maximum atomic E-state index is 12.5. The molecule has 0 aliphatic heterocycles. The number of ether oxygens (including phenoxy) is 1. The molecule has 7 nitrogen and oxygen atoms in total. The molecule has 7 heteroatoms. The van der Waals surface area contributed by atoms with E-state index in [9.17, 15) is 14.4 Å². The van der Waals surface area contributed by atoms with Gasteiger partial charge in [-0.25, -0.2) is 4.79 Å². The van der Waals surface area contributed by atoms with Crippen LogP contribution in [0.15, 0.2) is 48.5 Å². The summed E-state index contributed by atoms with van der Waals surface area (Å²) >= 11 is 0. The molecule has 2 unspecified atom stereocenters. The number of hydrogen-bond donors (Lipinski definition) is 3. The summed E-state index contributed by atoms with van der Waals surface area (Å²) in [6.45, 7) is 4.51. The Morgan fingerprint density at radius 2 is 1.62 bits per heavy atom. The summed E-state index contributed by atoms with van der Waals surface area (Å²) in [4.78, 5) is 35.3. The molecule has 2 amide bonds. The zero-order valence-electron chi connectivity index (χ0n) is 19.9. The number of carboxylic acid groups (broad SMARTS) is 1. The smallest absolute Gasteiger partial charge is 0.407 e. The molecular formula is C27H34N2O5. The van der Waals surface area contributed by atoms with E-state index in [0.29, 0.717) is 25.8 Å². The third kappa shape index (κ3) is 6.83. The number of nitrogens with one attached hydrogen (secondary N) is 2. The number of benzene rings is 2. The Morgan fingerprint density at radius 1 is 1.00 bits per heavy atom. The van der Waals surface area contributed by atoms with Gasteiger partial charge in [-0.3, -0.25) is 9.59 Å². The number of amides is 2. The summed E-state index contributed by atoms with van der Waals surface area (Å²) in [5.41, 5.74) is 4.69. The number of hydrogen-bond acceptors (Lipinski definition) is 4. The fourth-order valence-corrected chi connectivity index (χ4v) is 4.44. The molecule has 0 saturated carbocycles. The molecule has 2 aromatic rings. The largest absolute Gasteiger partial charge is 0.481 e. The van der Waals surface area contributed by atoms with E-state index in [1.165, 1.54) is 11.1 Å². The zero-order valence-corrected chi connectivity index (χ0v) is 19.9. The number of carbonyl (C=O) groups is 3. The highest BCUT2D eigenvalue weighted by Crippen LogP contribution is 2.44. The molecule has 0 radical (unpaired) electrons. The predicted molar refractivity (Wildman–Crippen MR) is 131 cm³/mol. The fraction of sp³-hybridized carbons (Fsp3) is 0.444. The Morgan fingerprint density at radius 3 is 2.21 bits per heavy atom. The number of rotatable bonds is 12. The Balaban J connectivity index is 1.43. The van der Waals surface area contributed by atoms with Crippen molar-refractivity contribution < 1.29 is 24.2 Å². The van der Waals surface area contributed by atoms with Crippen LogP contribution in [0.1, 0.15) is 63.0 Å². The molecule has 0 saturated heterocycles. The van der Waals surface area contributed by atoms with E-state index < -0.39 is 12.1 Å². The minimum atomic E-state index is -0.830. The first-order chi connectivity index (χ1) is 16.4. The van der Waals surface area contributed by atoms with E-state index in [1.54, 1.807) is 0 Å². The molecule has 2 atom stereocenters. The highest BCUT2D eigenvalue weighted by atomic mass is 16.5. The van der Waals surface area contributed by atoms with E-state index in [0.717, 1.165) is 11.1 Å². The van der Waals surface area contributed by atoms with Gasteiger partial charge in [-0.05, 0) is 47.4 Å². The maximum absolute atomic E-state index is 12.5. The average molecular weight is 467 g/mol. The Kier molecular flexibility index (Phi) is 9.08. The number of carboxylic acids is 1. The summed E-state index contributed by atoms with van der Waals surface area (Å²) in [6.07, 6.45) is 1.72. The van der Waals surface area contributed by atoms with Crippen molar-refractivity contribution in [1.29, 1.82) is 0 Å². The third-order valence-electron chi connectivity index (χ3n) is 6.36.